The minimum Gasteiger partial charge on any atom is -0.377 e. The Morgan fingerprint density at radius 1 is 1.19 bits per heavy atom. The summed E-state index contributed by atoms with van der Waals surface area (Å²) in [4.78, 5) is 33.7. The monoisotopic (exact) mass is 494 g/mol. The molecule has 2 saturated heterocycles. The first-order chi connectivity index (χ1) is 16.9. The molecule has 9 heteroatoms. The second kappa shape index (κ2) is 9.78. The Labute approximate surface area is 212 Å². The maximum absolute atomic E-state index is 13.5. The van der Waals surface area contributed by atoms with E-state index in [-0.39, 0.29) is 41.0 Å². The third kappa shape index (κ3) is 5.68. The van der Waals surface area contributed by atoms with Crippen molar-refractivity contribution in [2.75, 3.05) is 18.5 Å². The lowest BCUT2D eigenvalue weighted by Crippen LogP contribution is -2.57. The molecule has 2 aliphatic heterocycles. The minimum absolute atomic E-state index is 0.0872. The average Bonchev–Trinajstić information content (AvgIpc) is 2.72. The molecule has 36 heavy (non-hydrogen) atoms. The van der Waals surface area contributed by atoms with E-state index >= 15 is 0 Å². The van der Waals surface area contributed by atoms with E-state index < -0.39 is 0 Å². The standard InChI is InChI=1S/C27H38N6O3/c1-15-7-16(2)30-25(35)21(15)12-29-24(34)19-8-22(17-9-26(3,4)33-27(5,6)10-17)32-23(20(19)11-28)31-18-13-36-14-18/h7-8,11,17-18,28,33H,9-10,12-14H2,1-6H3,(H,29,34)(H,30,35)(H,31,32). The van der Waals surface area contributed by atoms with Crippen molar-refractivity contribution in [1.29, 1.82) is 5.41 Å². The highest BCUT2D eigenvalue weighted by Gasteiger charge is 2.39. The van der Waals surface area contributed by atoms with Gasteiger partial charge in [0.1, 0.15) is 5.82 Å². The Morgan fingerprint density at radius 3 is 2.42 bits per heavy atom. The number of pyridine rings is 2. The summed E-state index contributed by atoms with van der Waals surface area (Å²) in [7, 11) is 0. The molecule has 2 aromatic heterocycles. The van der Waals surface area contributed by atoms with Crippen LogP contribution in [0.3, 0.4) is 0 Å². The molecule has 0 aromatic carbocycles. The van der Waals surface area contributed by atoms with Crippen LogP contribution in [-0.2, 0) is 11.3 Å². The number of anilines is 1. The van der Waals surface area contributed by atoms with E-state index in [1.807, 2.05) is 26.0 Å². The first-order valence-electron chi connectivity index (χ1n) is 12.5. The van der Waals surface area contributed by atoms with Crippen molar-refractivity contribution in [2.24, 2.45) is 0 Å². The van der Waals surface area contributed by atoms with Crippen LogP contribution in [0.5, 0.6) is 0 Å². The van der Waals surface area contributed by atoms with Crippen LogP contribution in [0.2, 0.25) is 0 Å². The van der Waals surface area contributed by atoms with E-state index in [1.54, 1.807) is 0 Å². The Morgan fingerprint density at radius 2 is 1.86 bits per heavy atom. The highest BCUT2D eigenvalue weighted by Crippen LogP contribution is 2.39. The van der Waals surface area contributed by atoms with Crippen LogP contribution < -0.4 is 21.5 Å². The van der Waals surface area contributed by atoms with Gasteiger partial charge in [0.15, 0.2) is 0 Å². The molecule has 0 aliphatic carbocycles. The van der Waals surface area contributed by atoms with Gasteiger partial charge in [-0.25, -0.2) is 4.98 Å². The number of rotatable bonds is 7. The van der Waals surface area contributed by atoms with Gasteiger partial charge in [0.2, 0.25) is 0 Å². The molecule has 1 amide bonds. The zero-order chi connectivity index (χ0) is 26.3. The number of amides is 1. The van der Waals surface area contributed by atoms with Gasteiger partial charge in [-0.05, 0) is 72.1 Å². The lowest BCUT2D eigenvalue weighted by Gasteiger charge is -2.46. The van der Waals surface area contributed by atoms with Crippen molar-refractivity contribution in [2.45, 2.75) is 84.0 Å². The molecule has 0 radical (unpaired) electrons. The Balaban J connectivity index is 1.70. The molecule has 0 atom stereocenters. The van der Waals surface area contributed by atoms with Gasteiger partial charge >= 0.3 is 0 Å². The van der Waals surface area contributed by atoms with Crippen molar-refractivity contribution in [3.8, 4) is 0 Å². The summed E-state index contributed by atoms with van der Waals surface area (Å²) in [6.45, 7) is 13.7. The number of aromatic amines is 1. The fourth-order valence-electron chi connectivity index (χ4n) is 5.64. The van der Waals surface area contributed by atoms with Crippen LogP contribution in [0.25, 0.3) is 0 Å². The van der Waals surface area contributed by atoms with Crippen LogP contribution >= 0.6 is 0 Å². The van der Waals surface area contributed by atoms with Crippen LogP contribution in [0.1, 0.15) is 84.9 Å². The molecule has 5 N–H and O–H groups in total. The number of ether oxygens (including phenoxy) is 1. The molecule has 0 bridgehead atoms. The van der Waals surface area contributed by atoms with Crippen LogP contribution in [-0.4, -0.2) is 52.4 Å². The molecule has 0 unspecified atom stereocenters. The van der Waals surface area contributed by atoms with Gasteiger partial charge in [-0.2, -0.15) is 0 Å². The molecule has 9 nitrogen and oxygen atoms in total. The maximum atomic E-state index is 13.5. The number of carbonyl (C=O) groups is 1. The van der Waals surface area contributed by atoms with Crippen molar-refractivity contribution >= 4 is 17.9 Å². The number of piperidine rings is 1. The molecule has 4 heterocycles. The summed E-state index contributed by atoms with van der Waals surface area (Å²) >= 11 is 0. The summed E-state index contributed by atoms with van der Waals surface area (Å²) < 4.78 is 5.31. The van der Waals surface area contributed by atoms with E-state index in [0.29, 0.717) is 35.7 Å². The van der Waals surface area contributed by atoms with Gasteiger partial charge in [0.25, 0.3) is 11.5 Å². The second-order valence-corrected chi connectivity index (χ2v) is 11.5. The van der Waals surface area contributed by atoms with Crippen molar-refractivity contribution < 1.29 is 9.53 Å². The molecule has 194 valence electrons. The number of nitrogens with one attached hydrogen (secondary N) is 5. The molecule has 4 rings (SSSR count). The molecule has 0 spiro atoms. The quantitative estimate of drug-likeness (QED) is 0.376. The smallest absolute Gasteiger partial charge is 0.253 e. The van der Waals surface area contributed by atoms with Crippen LogP contribution in [0, 0.1) is 19.3 Å². The van der Waals surface area contributed by atoms with Gasteiger partial charge in [-0.15, -0.1) is 0 Å². The normalized spacial score (nSPS) is 19.4. The number of nitrogens with zero attached hydrogens (tertiary/aromatic N) is 1. The third-order valence-electron chi connectivity index (χ3n) is 6.97. The first kappa shape index (κ1) is 26.0. The number of H-pyrrole nitrogens is 1. The summed E-state index contributed by atoms with van der Waals surface area (Å²) in [5.41, 5.74) is 3.39. The Bertz CT molecular complexity index is 1210. The fourth-order valence-corrected chi connectivity index (χ4v) is 5.64. The number of hydrogen-bond donors (Lipinski definition) is 5. The number of aromatic nitrogens is 2. The topological polar surface area (TPSA) is 132 Å². The van der Waals surface area contributed by atoms with E-state index in [4.69, 9.17) is 15.1 Å². The SMILES string of the molecule is Cc1cc(C)c(CNC(=O)c2cc(C3CC(C)(C)NC(C)(C)C3)nc(NC3COC3)c2C=N)c(=O)[nH]1. The van der Waals surface area contributed by atoms with Crippen molar-refractivity contribution in [3.63, 3.8) is 0 Å². The number of hydrogen-bond acceptors (Lipinski definition) is 7. The molecule has 2 aromatic rings. The van der Waals surface area contributed by atoms with Gasteiger partial charge in [0.05, 0.1) is 24.8 Å². The molecule has 2 fully saturated rings. The molecular weight excluding hydrogens is 456 g/mol. The summed E-state index contributed by atoms with van der Waals surface area (Å²) in [5.74, 6) is 0.333. The summed E-state index contributed by atoms with van der Waals surface area (Å²) in [6, 6.07) is 3.81. The van der Waals surface area contributed by atoms with Gasteiger partial charge in [-0.3, -0.25) is 9.59 Å². The summed E-state index contributed by atoms with van der Waals surface area (Å²) in [6.07, 6.45) is 2.92. The molecule has 2 aliphatic rings. The maximum Gasteiger partial charge on any atom is 0.253 e. The van der Waals surface area contributed by atoms with Crippen LogP contribution in [0.4, 0.5) is 5.82 Å². The number of aryl methyl sites for hydroxylation is 2. The lowest BCUT2D eigenvalue weighted by molar-refractivity contribution is 0.0209. The predicted molar refractivity (Wildman–Crippen MR) is 141 cm³/mol. The van der Waals surface area contributed by atoms with Crippen LogP contribution in [0.15, 0.2) is 16.9 Å². The van der Waals surface area contributed by atoms with E-state index in [9.17, 15) is 9.59 Å². The summed E-state index contributed by atoms with van der Waals surface area (Å²) in [5, 5.41) is 18.1. The van der Waals surface area contributed by atoms with Crippen molar-refractivity contribution in [1.82, 2.24) is 20.6 Å². The zero-order valence-corrected chi connectivity index (χ0v) is 22.1. The lowest BCUT2D eigenvalue weighted by atomic mass is 9.74. The first-order valence-corrected chi connectivity index (χ1v) is 12.5. The number of carbonyl (C=O) groups excluding carboxylic acids is 1. The molecular formula is C27H38N6O3. The van der Waals surface area contributed by atoms with Gasteiger partial charge in [-0.1, -0.05) is 0 Å². The predicted octanol–water partition coefficient (Wildman–Crippen LogP) is 3.15. The van der Waals surface area contributed by atoms with Gasteiger partial charge < -0.3 is 31.1 Å². The highest BCUT2D eigenvalue weighted by atomic mass is 16.5. The van der Waals surface area contributed by atoms with E-state index in [0.717, 1.165) is 29.8 Å². The Kier molecular flexibility index (Phi) is 7.07. The van der Waals surface area contributed by atoms with Crippen molar-refractivity contribution in [3.05, 3.63) is 56.1 Å². The average molecular weight is 495 g/mol. The van der Waals surface area contributed by atoms with E-state index in [2.05, 4.69) is 48.6 Å². The minimum atomic E-state index is -0.336. The highest BCUT2D eigenvalue weighted by molar-refractivity contribution is 6.04. The molecule has 0 saturated carbocycles. The van der Waals surface area contributed by atoms with E-state index in [1.165, 1.54) is 6.21 Å². The second-order valence-electron chi connectivity index (χ2n) is 11.5. The Hall–Kier alpha value is -3.04. The third-order valence-corrected chi connectivity index (χ3v) is 6.97. The largest absolute Gasteiger partial charge is 0.377 e. The fraction of sp³-hybridized carbons (Fsp3) is 0.556. The zero-order valence-electron chi connectivity index (χ0n) is 22.1. The van der Waals surface area contributed by atoms with Gasteiger partial charge in [0, 0.05) is 52.3 Å².